The molecular formula is C24H22N4O3. The number of nitrogens with one attached hydrogen (secondary N) is 1. The van der Waals surface area contributed by atoms with E-state index in [9.17, 15) is 20.0 Å². The van der Waals surface area contributed by atoms with Gasteiger partial charge in [0.25, 0.3) is 5.91 Å². The minimum atomic E-state index is -0.561. The lowest BCUT2D eigenvalue weighted by Gasteiger charge is -2.39. The van der Waals surface area contributed by atoms with Crippen LogP contribution in [0.5, 0.6) is 5.75 Å². The van der Waals surface area contributed by atoms with Gasteiger partial charge in [-0.25, -0.2) is 5.01 Å². The number of ketones is 1. The summed E-state index contributed by atoms with van der Waals surface area (Å²) in [7, 11) is 0. The van der Waals surface area contributed by atoms with Gasteiger partial charge in [-0.05, 0) is 49.6 Å². The molecule has 2 aromatic rings. The van der Waals surface area contributed by atoms with Crippen LogP contribution in [0.25, 0.3) is 0 Å². The number of carbonyl (C=O) groups excluding carboxylic acids is 2. The molecule has 2 aromatic carbocycles. The molecule has 1 atom stereocenters. The molecule has 1 aliphatic heterocycles. The number of phenols is 1. The number of carbonyl (C=O) groups is 2. The highest BCUT2D eigenvalue weighted by Crippen LogP contribution is 2.44. The summed E-state index contributed by atoms with van der Waals surface area (Å²) in [6.07, 6.45) is 1.58. The van der Waals surface area contributed by atoms with E-state index in [0.29, 0.717) is 36.1 Å². The minimum Gasteiger partial charge on any atom is -0.508 e. The van der Waals surface area contributed by atoms with E-state index in [0.717, 1.165) is 11.1 Å². The van der Waals surface area contributed by atoms with Gasteiger partial charge in [0.2, 0.25) is 0 Å². The lowest BCUT2D eigenvalue weighted by atomic mass is 9.76. The third-order valence-electron chi connectivity index (χ3n) is 5.63. The zero-order valence-electron chi connectivity index (χ0n) is 17.1. The van der Waals surface area contributed by atoms with Crippen LogP contribution in [0.3, 0.4) is 0 Å². The number of allylic oxidation sites excluding steroid dienone is 3. The average Bonchev–Trinajstić information content (AvgIpc) is 2.75. The third-order valence-corrected chi connectivity index (χ3v) is 5.63. The summed E-state index contributed by atoms with van der Waals surface area (Å²) in [6.45, 7) is 1.95. The van der Waals surface area contributed by atoms with Crippen molar-refractivity contribution in [1.82, 2.24) is 10.4 Å². The quantitative estimate of drug-likeness (QED) is 0.710. The van der Waals surface area contributed by atoms with Gasteiger partial charge in [-0.2, -0.15) is 5.26 Å². The van der Waals surface area contributed by atoms with Crippen LogP contribution in [-0.4, -0.2) is 21.8 Å². The highest BCUT2D eigenvalue weighted by Gasteiger charge is 2.40. The molecule has 1 amide bonds. The number of hydrazine groups is 1. The molecule has 0 bridgehead atoms. The Bertz CT molecular complexity index is 1170. The van der Waals surface area contributed by atoms with Crippen molar-refractivity contribution >= 4 is 11.7 Å². The fourth-order valence-electron chi connectivity index (χ4n) is 4.18. The number of nitrogens with two attached hydrogens (primary N) is 1. The van der Waals surface area contributed by atoms with Gasteiger partial charge in [-0.3, -0.25) is 15.0 Å². The number of aryl methyl sites for hydroxylation is 1. The normalized spacial score (nSPS) is 18.5. The first-order valence-electron chi connectivity index (χ1n) is 10.0. The molecule has 1 unspecified atom stereocenters. The van der Waals surface area contributed by atoms with E-state index in [1.165, 1.54) is 29.3 Å². The van der Waals surface area contributed by atoms with Crippen molar-refractivity contribution in [3.63, 3.8) is 0 Å². The Labute approximate surface area is 180 Å². The van der Waals surface area contributed by atoms with Gasteiger partial charge in [0.05, 0.1) is 17.6 Å². The Morgan fingerprint density at radius 1 is 1.23 bits per heavy atom. The minimum absolute atomic E-state index is 0.0445. The molecule has 4 rings (SSSR count). The predicted molar refractivity (Wildman–Crippen MR) is 114 cm³/mol. The second-order valence-electron chi connectivity index (χ2n) is 7.72. The zero-order valence-corrected chi connectivity index (χ0v) is 17.1. The van der Waals surface area contributed by atoms with E-state index in [2.05, 4.69) is 11.5 Å². The van der Waals surface area contributed by atoms with Crippen molar-refractivity contribution in [3.8, 4) is 11.8 Å². The fourth-order valence-corrected chi connectivity index (χ4v) is 4.18. The van der Waals surface area contributed by atoms with Crippen molar-refractivity contribution < 1.29 is 14.7 Å². The van der Waals surface area contributed by atoms with E-state index < -0.39 is 11.8 Å². The maximum absolute atomic E-state index is 13.0. The number of benzene rings is 2. The summed E-state index contributed by atoms with van der Waals surface area (Å²) in [5.41, 5.74) is 12.6. The lowest BCUT2D eigenvalue weighted by molar-refractivity contribution is -0.116. The molecule has 0 saturated carbocycles. The molecule has 156 valence electrons. The topological polar surface area (TPSA) is 119 Å². The summed E-state index contributed by atoms with van der Waals surface area (Å²) in [4.78, 5) is 25.8. The first-order valence-corrected chi connectivity index (χ1v) is 10.0. The number of hydrogen-bond donors (Lipinski definition) is 3. The lowest BCUT2D eigenvalue weighted by Crippen LogP contribution is -2.48. The van der Waals surface area contributed by atoms with Gasteiger partial charge >= 0.3 is 0 Å². The second-order valence-corrected chi connectivity index (χ2v) is 7.72. The molecule has 2 aliphatic rings. The Morgan fingerprint density at radius 2 is 1.97 bits per heavy atom. The Morgan fingerprint density at radius 3 is 2.65 bits per heavy atom. The third kappa shape index (κ3) is 3.64. The van der Waals surface area contributed by atoms with E-state index in [1.807, 2.05) is 31.2 Å². The first kappa shape index (κ1) is 20.2. The number of hydrogen-bond acceptors (Lipinski definition) is 6. The summed E-state index contributed by atoms with van der Waals surface area (Å²) in [5.74, 6) is -0.912. The molecule has 0 saturated heterocycles. The maximum atomic E-state index is 13.0. The molecule has 0 aromatic heterocycles. The summed E-state index contributed by atoms with van der Waals surface area (Å²) >= 11 is 0. The molecule has 1 heterocycles. The smallest absolute Gasteiger partial charge is 0.270 e. The Hall–Kier alpha value is -4.05. The number of nitriles is 1. The van der Waals surface area contributed by atoms with E-state index in [1.54, 1.807) is 0 Å². The van der Waals surface area contributed by atoms with Crippen molar-refractivity contribution in [1.29, 1.82) is 5.26 Å². The van der Waals surface area contributed by atoms with Crippen LogP contribution in [0.1, 0.15) is 46.7 Å². The van der Waals surface area contributed by atoms with Gasteiger partial charge in [-0.15, -0.1) is 0 Å². The highest BCUT2D eigenvalue weighted by atomic mass is 16.3. The van der Waals surface area contributed by atoms with Crippen LogP contribution in [0.4, 0.5) is 0 Å². The van der Waals surface area contributed by atoms with Gasteiger partial charge in [0.1, 0.15) is 11.6 Å². The number of rotatable bonds is 3. The molecule has 0 spiro atoms. The average molecular weight is 414 g/mol. The molecule has 7 nitrogen and oxygen atoms in total. The van der Waals surface area contributed by atoms with Crippen LogP contribution in [0.15, 0.2) is 71.2 Å². The molecular weight excluding hydrogens is 392 g/mol. The summed E-state index contributed by atoms with van der Waals surface area (Å²) in [6, 6.07) is 15.6. The summed E-state index contributed by atoms with van der Waals surface area (Å²) in [5, 5.41) is 20.8. The number of amides is 1. The highest BCUT2D eigenvalue weighted by molar-refractivity contribution is 6.00. The van der Waals surface area contributed by atoms with Crippen LogP contribution >= 0.6 is 0 Å². The largest absolute Gasteiger partial charge is 0.508 e. The fraction of sp³-hybridized carbons (Fsp3) is 0.208. The van der Waals surface area contributed by atoms with Crippen LogP contribution in [0.2, 0.25) is 0 Å². The van der Waals surface area contributed by atoms with Gasteiger partial charge < -0.3 is 10.8 Å². The maximum Gasteiger partial charge on any atom is 0.270 e. The predicted octanol–water partition coefficient (Wildman–Crippen LogP) is 3.15. The first-order chi connectivity index (χ1) is 14.9. The monoisotopic (exact) mass is 414 g/mol. The van der Waals surface area contributed by atoms with Crippen LogP contribution in [-0.2, 0) is 4.79 Å². The van der Waals surface area contributed by atoms with Crippen LogP contribution in [0, 0.1) is 18.3 Å². The number of aromatic hydroxyl groups is 1. The van der Waals surface area contributed by atoms with Crippen molar-refractivity contribution in [2.75, 3.05) is 0 Å². The zero-order chi connectivity index (χ0) is 22.1. The van der Waals surface area contributed by atoms with E-state index in [-0.39, 0.29) is 22.9 Å². The van der Waals surface area contributed by atoms with Crippen molar-refractivity contribution in [3.05, 3.63) is 87.9 Å². The van der Waals surface area contributed by atoms with Gasteiger partial charge in [-0.1, -0.05) is 29.8 Å². The van der Waals surface area contributed by atoms with E-state index >= 15 is 0 Å². The standard InChI is InChI=1S/C24H22N4O3/c1-14-4-2-5-16(12-14)21-18(13-25)23(26)28(19-6-3-7-20(30)22(19)21)27-24(31)15-8-10-17(29)11-9-15/h2,4-5,8-12,21,29H,3,6-7,26H2,1H3,(H,27,31). The van der Waals surface area contributed by atoms with E-state index in [4.69, 9.17) is 5.73 Å². The Kier molecular flexibility index (Phi) is 5.22. The molecule has 0 radical (unpaired) electrons. The van der Waals surface area contributed by atoms with Crippen molar-refractivity contribution in [2.24, 2.45) is 5.73 Å². The molecule has 0 fully saturated rings. The Balaban J connectivity index is 1.81. The molecule has 1 aliphatic carbocycles. The SMILES string of the molecule is Cc1cccc(C2C(C#N)=C(N)N(NC(=O)c3ccc(O)cc3)C3=C2C(=O)CCC3)c1. The van der Waals surface area contributed by atoms with Crippen molar-refractivity contribution in [2.45, 2.75) is 32.1 Å². The molecule has 31 heavy (non-hydrogen) atoms. The second kappa shape index (κ2) is 8.00. The molecule has 4 N–H and O–H groups in total. The van der Waals surface area contributed by atoms with Gasteiger partial charge in [0, 0.05) is 23.3 Å². The summed E-state index contributed by atoms with van der Waals surface area (Å²) < 4.78 is 0. The number of nitrogens with zero attached hydrogens (tertiary/aromatic N) is 2. The van der Waals surface area contributed by atoms with Gasteiger partial charge in [0.15, 0.2) is 5.78 Å². The van der Waals surface area contributed by atoms with Crippen LogP contribution < -0.4 is 11.2 Å². The molecule has 7 heteroatoms. The number of Topliss-reactive ketones (excluding diaryl/α,β-unsaturated/α-hetero) is 1. The number of phenolic OH excluding ortho intramolecular Hbond substituents is 1.